The summed E-state index contributed by atoms with van der Waals surface area (Å²) in [6.07, 6.45) is 3.23. The lowest BCUT2D eigenvalue weighted by Crippen LogP contribution is -2.32. The van der Waals surface area contributed by atoms with E-state index in [0.29, 0.717) is 6.04 Å². The molecule has 1 N–H and O–H groups in total. The van der Waals surface area contributed by atoms with Crippen LogP contribution in [0.5, 0.6) is 0 Å². The van der Waals surface area contributed by atoms with E-state index in [9.17, 15) is 5.11 Å². The van der Waals surface area contributed by atoms with Gasteiger partial charge in [-0.25, -0.2) is 0 Å². The largest absolute Gasteiger partial charge is 0.395 e. The van der Waals surface area contributed by atoms with Gasteiger partial charge in [0, 0.05) is 19.6 Å². The molecule has 0 bridgehead atoms. The zero-order valence-electron chi connectivity index (χ0n) is 10.5. The average molecular weight is 302 g/mol. The fraction of sp³-hybridized carbons (Fsp3) is 0.750. The Kier molecular flexibility index (Phi) is 4.22. The highest BCUT2D eigenvalue weighted by Crippen LogP contribution is 2.26. The minimum atomic E-state index is 0.260. The third kappa shape index (κ3) is 2.56. The van der Waals surface area contributed by atoms with Crippen molar-refractivity contribution in [1.29, 1.82) is 0 Å². The van der Waals surface area contributed by atoms with Gasteiger partial charge in [-0.15, -0.1) is 0 Å². The summed E-state index contributed by atoms with van der Waals surface area (Å²) in [7, 11) is 1.99. The highest BCUT2D eigenvalue weighted by molar-refractivity contribution is 9.10. The van der Waals surface area contributed by atoms with E-state index in [1.54, 1.807) is 0 Å². The van der Waals surface area contributed by atoms with Crippen molar-refractivity contribution in [2.45, 2.75) is 38.8 Å². The maximum Gasteiger partial charge on any atom is 0.0767 e. The number of aromatic nitrogens is 2. The van der Waals surface area contributed by atoms with Gasteiger partial charge in [-0.2, -0.15) is 5.10 Å². The molecule has 4 nitrogen and oxygen atoms in total. The lowest BCUT2D eigenvalue weighted by Gasteiger charge is -2.22. The number of aryl methyl sites for hydroxylation is 2. The molecule has 0 aromatic carbocycles. The van der Waals surface area contributed by atoms with E-state index in [1.807, 2.05) is 11.7 Å². The second-order valence-corrected chi connectivity index (χ2v) is 5.43. The van der Waals surface area contributed by atoms with E-state index in [1.165, 1.54) is 12.1 Å². The molecule has 1 saturated heterocycles. The molecule has 0 unspecified atom stereocenters. The first-order valence-corrected chi connectivity index (χ1v) is 7.01. The summed E-state index contributed by atoms with van der Waals surface area (Å²) >= 11 is 3.64. The van der Waals surface area contributed by atoms with Crippen LogP contribution in [0, 0.1) is 0 Å². The van der Waals surface area contributed by atoms with Crippen LogP contribution in [0.25, 0.3) is 0 Å². The number of rotatable bonds is 4. The SMILES string of the molecule is CCc1nn(C)c(CN2CCC[C@H]2CO)c1Br. The Morgan fingerprint density at radius 2 is 2.29 bits per heavy atom. The Labute approximate surface area is 111 Å². The summed E-state index contributed by atoms with van der Waals surface area (Å²) in [4.78, 5) is 2.35. The van der Waals surface area contributed by atoms with Crippen LogP contribution in [-0.4, -0.2) is 39.0 Å². The molecule has 1 fully saturated rings. The Hall–Kier alpha value is -0.390. The van der Waals surface area contributed by atoms with Gasteiger partial charge in [0.1, 0.15) is 0 Å². The maximum atomic E-state index is 9.33. The van der Waals surface area contributed by atoms with Gasteiger partial charge in [0.2, 0.25) is 0 Å². The van der Waals surface area contributed by atoms with Crippen molar-refractivity contribution in [2.75, 3.05) is 13.2 Å². The van der Waals surface area contributed by atoms with E-state index >= 15 is 0 Å². The predicted octanol–water partition coefficient (Wildman–Crippen LogP) is 1.70. The maximum absolute atomic E-state index is 9.33. The molecule has 0 aliphatic carbocycles. The standard InChI is InChI=1S/C12H20BrN3O/c1-3-10-12(13)11(15(2)14-10)7-16-6-4-5-9(16)8-17/h9,17H,3-8H2,1-2H3/t9-/m0/s1. The molecule has 1 aromatic rings. The lowest BCUT2D eigenvalue weighted by molar-refractivity contribution is 0.151. The lowest BCUT2D eigenvalue weighted by atomic mass is 10.2. The summed E-state index contributed by atoms with van der Waals surface area (Å²) in [6.45, 7) is 4.32. The normalized spacial score (nSPS) is 21.3. The molecule has 5 heteroatoms. The van der Waals surface area contributed by atoms with E-state index in [2.05, 4.69) is 32.9 Å². The smallest absolute Gasteiger partial charge is 0.0767 e. The average Bonchev–Trinajstić information content (AvgIpc) is 2.88. The van der Waals surface area contributed by atoms with E-state index in [0.717, 1.165) is 36.1 Å². The van der Waals surface area contributed by atoms with Crippen LogP contribution in [0.1, 0.15) is 31.2 Å². The molecule has 1 aliphatic rings. The Morgan fingerprint density at radius 1 is 1.53 bits per heavy atom. The van der Waals surface area contributed by atoms with E-state index < -0.39 is 0 Å². The van der Waals surface area contributed by atoms with Crippen LogP contribution in [0.3, 0.4) is 0 Å². The molecule has 1 aliphatic heterocycles. The summed E-state index contributed by atoms with van der Waals surface area (Å²) < 4.78 is 3.08. The first-order valence-electron chi connectivity index (χ1n) is 6.22. The van der Waals surface area contributed by atoms with E-state index in [-0.39, 0.29) is 6.61 Å². The molecule has 0 amide bonds. The van der Waals surface area contributed by atoms with Crippen molar-refractivity contribution in [2.24, 2.45) is 7.05 Å². The molecule has 2 rings (SSSR count). The van der Waals surface area contributed by atoms with Crippen LogP contribution in [0.15, 0.2) is 4.47 Å². The number of hydrogen-bond acceptors (Lipinski definition) is 3. The van der Waals surface area contributed by atoms with Crippen molar-refractivity contribution in [3.8, 4) is 0 Å². The highest BCUT2D eigenvalue weighted by atomic mass is 79.9. The summed E-state index contributed by atoms with van der Waals surface area (Å²) in [5.41, 5.74) is 2.32. The van der Waals surface area contributed by atoms with Crippen LogP contribution < -0.4 is 0 Å². The third-order valence-electron chi connectivity index (χ3n) is 3.57. The van der Waals surface area contributed by atoms with Crippen LogP contribution >= 0.6 is 15.9 Å². The van der Waals surface area contributed by atoms with Crippen molar-refractivity contribution in [1.82, 2.24) is 14.7 Å². The molecule has 1 aromatic heterocycles. The highest BCUT2D eigenvalue weighted by Gasteiger charge is 2.25. The van der Waals surface area contributed by atoms with Gasteiger partial charge in [-0.05, 0) is 41.7 Å². The second kappa shape index (κ2) is 5.50. The molecular weight excluding hydrogens is 282 g/mol. The quantitative estimate of drug-likeness (QED) is 0.920. The van der Waals surface area contributed by atoms with E-state index in [4.69, 9.17) is 0 Å². The van der Waals surface area contributed by atoms with Crippen molar-refractivity contribution >= 4 is 15.9 Å². The number of likely N-dealkylation sites (tertiary alicyclic amines) is 1. The molecule has 1 atom stereocenters. The van der Waals surface area contributed by atoms with Crippen molar-refractivity contribution < 1.29 is 5.11 Å². The first kappa shape index (κ1) is 13.1. The van der Waals surface area contributed by atoms with Crippen LogP contribution in [-0.2, 0) is 20.0 Å². The van der Waals surface area contributed by atoms with Gasteiger partial charge >= 0.3 is 0 Å². The molecular formula is C12H20BrN3O. The Bertz CT molecular complexity index is 391. The van der Waals surface area contributed by atoms with Gasteiger partial charge in [0.25, 0.3) is 0 Å². The topological polar surface area (TPSA) is 41.3 Å². The zero-order valence-corrected chi connectivity index (χ0v) is 12.1. The number of hydrogen-bond donors (Lipinski definition) is 1. The number of aliphatic hydroxyl groups excluding tert-OH is 1. The predicted molar refractivity (Wildman–Crippen MR) is 70.8 cm³/mol. The summed E-state index contributed by atoms with van der Waals surface area (Å²) in [5.74, 6) is 0. The molecule has 96 valence electrons. The van der Waals surface area contributed by atoms with Crippen molar-refractivity contribution in [3.05, 3.63) is 15.9 Å². The van der Waals surface area contributed by atoms with Gasteiger partial charge in [-0.1, -0.05) is 6.92 Å². The monoisotopic (exact) mass is 301 g/mol. The second-order valence-electron chi connectivity index (χ2n) is 4.63. The fourth-order valence-corrected chi connectivity index (χ4v) is 3.24. The number of nitrogens with zero attached hydrogens (tertiary/aromatic N) is 3. The van der Waals surface area contributed by atoms with Crippen molar-refractivity contribution in [3.63, 3.8) is 0 Å². The molecule has 0 spiro atoms. The summed E-state index contributed by atoms with van der Waals surface area (Å²) in [6, 6.07) is 0.321. The van der Waals surface area contributed by atoms with Crippen LogP contribution in [0.2, 0.25) is 0 Å². The Balaban J connectivity index is 2.15. The van der Waals surface area contributed by atoms with Gasteiger partial charge in [-0.3, -0.25) is 9.58 Å². The molecule has 2 heterocycles. The van der Waals surface area contributed by atoms with Gasteiger partial charge < -0.3 is 5.11 Å². The Morgan fingerprint density at radius 3 is 2.88 bits per heavy atom. The number of aliphatic hydroxyl groups is 1. The minimum Gasteiger partial charge on any atom is -0.395 e. The molecule has 17 heavy (non-hydrogen) atoms. The zero-order chi connectivity index (χ0) is 12.4. The minimum absolute atomic E-state index is 0.260. The number of halogens is 1. The summed E-state index contributed by atoms with van der Waals surface area (Å²) in [5, 5.41) is 13.8. The molecule has 0 radical (unpaired) electrons. The van der Waals surface area contributed by atoms with Gasteiger partial charge in [0.05, 0.1) is 22.5 Å². The van der Waals surface area contributed by atoms with Crippen LogP contribution in [0.4, 0.5) is 0 Å². The third-order valence-corrected chi connectivity index (χ3v) is 4.48. The molecule has 0 saturated carbocycles. The first-order chi connectivity index (χ1) is 8.17. The van der Waals surface area contributed by atoms with Gasteiger partial charge in [0.15, 0.2) is 0 Å². The fourth-order valence-electron chi connectivity index (χ4n) is 2.49.